The summed E-state index contributed by atoms with van der Waals surface area (Å²) in [4.78, 5) is 8.53. The lowest BCUT2D eigenvalue weighted by Gasteiger charge is -2.04. The third-order valence-electron chi connectivity index (χ3n) is 3.12. The van der Waals surface area contributed by atoms with Crippen molar-refractivity contribution in [2.45, 2.75) is 20.4 Å². The largest absolute Gasteiger partial charge is 0.349 e. The van der Waals surface area contributed by atoms with E-state index < -0.39 is 0 Å². The lowest BCUT2D eigenvalue weighted by Crippen LogP contribution is -2.03. The highest BCUT2D eigenvalue weighted by atomic mass is 15.3. The average molecular weight is 253 g/mol. The fraction of sp³-hybridized carbons (Fsp3) is 0.214. The molecule has 5 nitrogen and oxygen atoms in total. The maximum Gasteiger partial charge on any atom is 0.243 e. The van der Waals surface area contributed by atoms with Gasteiger partial charge in [0.15, 0.2) is 5.65 Å². The standard InChI is InChI=1S/C14H15N5/c1-10-8-15-7-6-12(10)9-16-14-17-13-5-3-4-11(2)19(13)18-14/h3-8H,9H2,1-2H3,(H,16,18). The summed E-state index contributed by atoms with van der Waals surface area (Å²) in [6.45, 7) is 4.76. The van der Waals surface area contributed by atoms with Crippen molar-refractivity contribution in [2.24, 2.45) is 0 Å². The van der Waals surface area contributed by atoms with E-state index in [2.05, 4.69) is 20.4 Å². The van der Waals surface area contributed by atoms with Crippen LogP contribution in [0.1, 0.15) is 16.8 Å². The molecule has 0 atom stereocenters. The highest BCUT2D eigenvalue weighted by Crippen LogP contribution is 2.10. The first-order chi connectivity index (χ1) is 9.24. The Morgan fingerprint density at radius 1 is 1.21 bits per heavy atom. The second kappa shape index (κ2) is 4.68. The number of pyridine rings is 2. The molecule has 0 aliphatic rings. The van der Waals surface area contributed by atoms with Gasteiger partial charge in [0.05, 0.1) is 0 Å². The van der Waals surface area contributed by atoms with Gasteiger partial charge in [-0.25, -0.2) is 4.52 Å². The first-order valence-corrected chi connectivity index (χ1v) is 6.20. The van der Waals surface area contributed by atoms with Gasteiger partial charge in [-0.2, -0.15) is 4.98 Å². The summed E-state index contributed by atoms with van der Waals surface area (Å²) in [5.74, 6) is 0.644. The number of anilines is 1. The van der Waals surface area contributed by atoms with Crippen molar-refractivity contribution in [1.82, 2.24) is 19.6 Å². The summed E-state index contributed by atoms with van der Waals surface area (Å²) >= 11 is 0. The molecule has 0 bridgehead atoms. The Morgan fingerprint density at radius 2 is 2.11 bits per heavy atom. The minimum absolute atomic E-state index is 0.644. The van der Waals surface area contributed by atoms with Gasteiger partial charge in [-0.1, -0.05) is 6.07 Å². The van der Waals surface area contributed by atoms with Gasteiger partial charge in [0.25, 0.3) is 0 Å². The number of hydrogen-bond donors (Lipinski definition) is 1. The van der Waals surface area contributed by atoms with Crippen molar-refractivity contribution in [1.29, 1.82) is 0 Å². The van der Waals surface area contributed by atoms with Gasteiger partial charge in [-0.3, -0.25) is 4.98 Å². The molecule has 3 heterocycles. The van der Waals surface area contributed by atoms with Crippen LogP contribution in [0.25, 0.3) is 5.65 Å². The zero-order chi connectivity index (χ0) is 13.2. The molecule has 19 heavy (non-hydrogen) atoms. The number of aryl methyl sites for hydroxylation is 2. The van der Waals surface area contributed by atoms with Crippen LogP contribution in [0.15, 0.2) is 36.7 Å². The summed E-state index contributed by atoms with van der Waals surface area (Å²) in [7, 11) is 0. The van der Waals surface area contributed by atoms with Crippen LogP contribution in [-0.2, 0) is 6.54 Å². The molecular weight excluding hydrogens is 238 g/mol. The van der Waals surface area contributed by atoms with Crippen LogP contribution in [0.5, 0.6) is 0 Å². The van der Waals surface area contributed by atoms with E-state index in [1.54, 1.807) is 6.20 Å². The van der Waals surface area contributed by atoms with Crippen molar-refractivity contribution in [3.63, 3.8) is 0 Å². The van der Waals surface area contributed by atoms with E-state index in [4.69, 9.17) is 0 Å². The van der Waals surface area contributed by atoms with Gasteiger partial charge in [0.1, 0.15) is 0 Å². The highest BCUT2D eigenvalue weighted by Gasteiger charge is 2.05. The third-order valence-corrected chi connectivity index (χ3v) is 3.12. The number of rotatable bonds is 3. The number of nitrogens with zero attached hydrogens (tertiary/aromatic N) is 4. The number of aromatic nitrogens is 4. The third kappa shape index (κ3) is 2.27. The second-order valence-corrected chi connectivity index (χ2v) is 4.53. The fourth-order valence-corrected chi connectivity index (χ4v) is 1.99. The maximum atomic E-state index is 4.44. The van der Waals surface area contributed by atoms with Crippen LogP contribution in [-0.4, -0.2) is 19.6 Å². The first kappa shape index (κ1) is 11.6. The van der Waals surface area contributed by atoms with E-state index in [0.29, 0.717) is 12.5 Å². The first-order valence-electron chi connectivity index (χ1n) is 6.20. The highest BCUT2D eigenvalue weighted by molar-refractivity contribution is 5.44. The summed E-state index contributed by atoms with van der Waals surface area (Å²) in [5.41, 5.74) is 4.28. The molecule has 0 unspecified atom stereocenters. The summed E-state index contributed by atoms with van der Waals surface area (Å²) in [5, 5.41) is 7.68. The van der Waals surface area contributed by atoms with Gasteiger partial charge in [-0.05, 0) is 43.2 Å². The minimum atomic E-state index is 0.644. The Hall–Kier alpha value is -2.43. The van der Waals surface area contributed by atoms with Crippen molar-refractivity contribution < 1.29 is 0 Å². The summed E-state index contributed by atoms with van der Waals surface area (Å²) in [6.07, 6.45) is 3.66. The van der Waals surface area contributed by atoms with Crippen LogP contribution in [0, 0.1) is 13.8 Å². The van der Waals surface area contributed by atoms with E-state index in [1.807, 2.05) is 48.8 Å². The molecule has 0 saturated carbocycles. The maximum absolute atomic E-state index is 4.44. The van der Waals surface area contributed by atoms with Gasteiger partial charge in [-0.15, -0.1) is 5.10 Å². The average Bonchev–Trinajstić information content (AvgIpc) is 2.82. The van der Waals surface area contributed by atoms with E-state index >= 15 is 0 Å². The molecule has 3 rings (SSSR count). The number of nitrogens with one attached hydrogen (secondary N) is 1. The molecule has 0 aromatic carbocycles. The Labute approximate surface area is 111 Å². The van der Waals surface area contributed by atoms with Gasteiger partial charge < -0.3 is 5.32 Å². The Bertz CT molecular complexity index is 717. The van der Waals surface area contributed by atoms with E-state index in [1.165, 1.54) is 5.56 Å². The molecular formula is C14H15N5. The monoisotopic (exact) mass is 253 g/mol. The van der Waals surface area contributed by atoms with Crippen molar-refractivity contribution in [2.75, 3.05) is 5.32 Å². The summed E-state index contributed by atoms with van der Waals surface area (Å²) < 4.78 is 1.84. The normalized spacial score (nSPS) is 10.8. The van der Waals surface area contributed by atoms with Crippen molar-refractivity contribution >= 4 is 11.6 Å². The van der Waals surface area contributed by atoms with Crippen molar-refractivity contribution in [3.8, 4) is 0 Å². The van der Waals surface area contributed by atoms with Gasteiger partial charge in [0.2, 0.25) is 5.95 Å². The van der Waals surface area contributed by atoms with Gasteiger partial charge >= 0.3 is 0 Å². The van der Waals surface area contributed by atoms with E-state index in [-0.39, 0.29) is 0 Å². The zero-order valence-electron chi connectivity index (χ0n) is 11.0. The van der Waals surface area contributed by atoms with Crippen LogP contribution in [0.4, 0.5) is 5.95 Å². The number of hydrogen-bond acceptors (Lipinski definition) is 4. The van der Waals surface area contributed by atoms with E-state index in [0.717, 1.165) is 16.9 Å². The predicted octanol–water partition coefficient (Wildman–Crippen LogP) is 2.35. The quantitative estimate of drug-likeness (QED) is 0.778. The van der Waals surface area contributed by atoms with Crippen LogP contribution < -0.4 is 5.32 Å². The Morgan fingerprint density at radius 3 is 2.89 bits per heavy atom. The molecule has 0 radical (unpaired) electrons. The zero-order valence-corrected chi connectivity index (χ0v) is 11.0. The van der Waals surface area contributed by atoms with Crippen molar-refractivity contribution in [3.05, 3.63) is 53.5 Å². The fourth-order valence-electron chi connectivity index (χ4n) is 1.99. The molecule has 5 heteroatoms. The van der Waals surface area contributed by atoms with Crippen LogP contribution >= 0.6 is 0 Å². The molecule has 0 fully saturated rings. The van der Waals surface area contributed by atoms with Crippen LogP contribution in [0.3, 0.4) is 0 Å². The summed E-state index contributed by atoms with van der Waals surface area (Å²) in [6, 6.07) is 7.95. The minimum Gasteiger partial charge on any atom is -0.349 e. The molecule has 1 N–H and O–H groups in total. The molecule has 0 spiro atoms. The number of fused-ring (bicyclic) bond motifs is 1. The lowest BCUT2D eigenvalue weighted by atomic mass is 10.1. The van der Waals surface area contributed by atoms with Crippen LogP contribution in [0.2, 0.25) is 0 Å². The molecule has 0 aliphatic heterocycles. The topological polar surface area (TPSA) is 55.1 Å². The van der Waals surface area contributed by atoms with Gasteiger partial charge in [0, 0.05) is 24.6 Å². The molecule has 0 saturated heterocycles. The smallest absolute Gasteiger partial charge is 0.243 e. The lowest BCUT2D eigenvalue weighted by molar-refractivity contribution is 0.908. The molecule has 3 aromatic rings. The Kier molecular flexibility index (Phi) is 2.87. The second-order valence-electron chi connectivity index (χ2n) is 4.53. The van der Waals surface area contributed by atoms with E-state index in [9.17, 15) is 0 Å². The molecule has 96 valence electrons. The SMILES string of the molecule is Cc1cnccc1CNc1nc2cccc(C)n2n1. The molecule has 0 amide bonds. The predicted molar refractivity (Wildman–Crippen MR) is 74.0 cm³/mol. The molecule has 3 aromatic heterocycles. The molecule has 0 aliphatic carbocycles. The Balaban J connectivity index is 1.83.